The zero-order valence-electron chi connectivity index (χ0n) is 10.9. The van der Waals surface area contributed by atoms with Crippen molar-refractivity contribution in [3.63, 3.8) is 0 Å². The molecule has 1 saturated carbocycles. The number of hydrogen-bond donors (Lipinski definition) is 1. The molecule has 0 saturated heterocycles. The minimum atomic E-state index is 0.515. The van der Waals surface area contributed by atoms with Crippen molar-refractivity contribution in [3.8, 4) is 0 Å². The van der Waals surface area contributed by atoms with Gasteiger partial charge in [-0.25, -0.2) is 4.68 Å². The van der Waals surface area contributed by atoms with Gasteiger partial charge in [-0.2, -0.15) is 0 Å². The second-order valence-corrected chi connectivity index (χ2v) is 4.90. The van der Waals surface area contributed by atoms with Crippen molar-refractivity contribution in [1.29, 1.82) is 0 Å². The summed E-state index contributed by atoms with van der Waals surface area (Å²) in [7, 11) is 0. The molecule has 5 heteroatoms. The van der Waals surface area contributed by atoms with E-state index in [4.69, 9.17) is 0 Å². The number of tetrazole rings is 1. The molecule has 1 heterocycles. The van der Waals surface area contributed by atoms with E-state index < -0.39 is 0 Å². The second-order valence-electron chi connectivity index (χ2n) is 4.90. The minimum Gasteiger partial charge on any atom is -0.310 e. The van der Waals surface area contributed by atoms with E-state index >= 15 is 0 Å². The summed E-state index contributed by atoms with van der Waals surface area (Å²) in [5, 5.41) is 15.4. The van der Waals surface area contributed by atoms with E-state index in [1.54, 1.807) is 0 Å². The lowest BCUT2D eigenvalue weighted by Gasteiger charge is -2.28. The van der Waals surface area contributed by atoms with Crippen LogP contribution in [0.1, 0.15) is 57.8 Å². The molecule has 2 rings (SSSR count). The molecular weight excluding hydrogens is 214 g/mol. The van der Waals surface area contributed by atoms with Crippen LogP contribution >= 0.6 is 0 Å². The molecule has 1 aromatic rings. The Morgan fingerprint density at radius 1 is 1.24 bits per heavy atom. The highest BCUT2D eigenvalue weighted by atomic mass is 15.6. The van der Waals surface area contributed by atoms with Crippen molar-refractivity contribution >= 4 is 0 Å². The highest BCUT2D eigenvalue weighted by molar-refractivity contribution is 4.86. The summed E-state index contributed by atoms with van der Waals surface area (Å²) in [5.41, 5.74) is 0. The van der Waals surface area contributed by atoms with Crippen molar-refractivity contribution in [2.75, 3.05) is 6.54 Å². The zero-order chi connectivity index (χ0) is 12.1. The Morgan fingerprint density at radius 3 is 2.65 bits per heavy atom. The Balaban J connectivity index is 1.95. The van der Waals surface area contributed by atoms with Crippen LogP contribution in [0.25, 0.3) is 0 Å². The Labute approximate surface area is 103 Å². The molecule has 1 N–H and O–H groups in total. The minimum absolute atomic E-state index is 0.515. The third-order valence-corrected chi connectivity index (χ3v) is 3.83. The van der Waals surface area contributed by atoms with Gasteiger partial charge in [0.2, 0.25) is 0 Å². The lowest BCUT2D eigenvalue weighted by atomic mass is 9.84. The lowest BCUT2D eigenvalue weighted by molar-refractivity contribution is 0.248. The first-order valence-electron chi connectivity index (χ1n) is 6.82. The van der Waals surface area contributed by atoms with Crippen molar-refractivity contribution < 1.29 is 0 Å². The highest BCUT2D eigenvalue weighted by Gasteiger charge is 2.23. The number of nitrogens with zero attached hydrogens (tertiary/aromatic N) is 4. The molecule has 0 bridgehead atoms. The maximum atomic E-state index is 4.16. The number of aromatic nitrogens is 4. The molecule has 0 atom stereocenters. The van der Waals surface area contributed by atoms with Gasteiger partial charge in [-0.3, -0.25) is 0 Å². The summed E-state index contributed by atoms with van der Waals surface area (Å²) < 4.78 is 2.04. The van der Waals surface area contributed by atoms with E-state index in [0.29, 0.717) is 6.04 Å². The SMILES string of the molecule is CCNCc1nnnn1C1CCC(CC)CC1. The normalized spacial score (nSPS) is 25.1. The molecule has 0 radical (unpaired) electrons. The standard InChI is InChI=1S/C12H23N5/c1-3-10-5-7-11(8-6-10)17-12(9-13-4-2)14-15-16-17/h10-11,13H,3-9H2,1-2H3. The third-order valence-electron chi connectivity index (χ3n) is 3.83. The van der Waals surface area contributed by atoms with E-state index in [1.807, 2.05) is 4.68 Å². The maximum Gasteiger partial charge on any atom is 0.165 e. The van der Waals surface area contributed by atoms with E-state index in [0.717, 1.165) is 24.8 Å². The first-order valence-corrected chi connectivity index (χ1v) is 6.82. The molecule has 1 aromatic heterocycles. The number of rotatable bonds is 5. The molecule has 0 unspecified atom stereocenters. The maximum absolute atomic E-state index is 4.16. The van der Waals surface area contributed by atoms with E-state index in [9.17, 15) is 0 Å². The van der Waals surface area contributed by atoms with Crippen LogP contribution in [0.4, 0.5) is 0 Å². The fourth-order valence-electron chi connectivity index (χ4n) is 2.65. The van der Waals surface area contributed by atoms with Crippen LogP contribution in [-0.2, 0) is 6.54 Å². The lowest BCUT2D eigenvalue weighted by Crippen LogP contribution is -2.23. The number of hydrogen-bond acceptors (Lipinski definition) is 4. The summed E-state index contributed by atoms with van der Waals surface area (Å²) in [4.78, 5) is 0. The summed E-state index contributed by atoms with van der Waals surface area (Å²) in [6, 6.07) is 0.515. The molecular formula is C12H23N5. The molecule has 1 aliphatic rings. The molecule has 0 aliphatic heterocycles. The van der Waals surface area contributed by atoms with E-state index in [2.05, 4.69) is 34.7 Å². The van der Waals surface area contributed by atoms with Crippen molar-refractivity contribution in [3.05, 3.63) is 5.82 Å². The van der Waals surface area contributed by atoms with Gasteiger partial charge in [0.25, 0.3) is 0 Å². The molecule has 96 valence electrons. The predicted molar refractivity (Wildman–Crippen MR) is 66.5 cm³/mol. The molecule has 1 aliphatic carbocycles. The topological polar surface area (TPSA) is 55.6 Å². The first-order chi connectivity index (χ1) is 8.35. The molecule has 0 aromatic carbocycles. The van der Waals surface area contributed by atoms with Gasteiger partial charge in [0.05, 0.1) is 12.6 Å². The quantitative estimate of drug-likeness (QED) is 0.850. The Kier molecular flexibility index (Phi) is 4.48. The summed E-state index contributed by atoms with van der Waals surface area (Å²) >= 11 is 0. The van der Waals surface area contributed by atoms with Crippen LogP contribution in [-0.4, -0.2) is 26.8 Å². The van der Waals surface area contributed by atoms with Gasteiger partial charge >= 0.3 is 0 Å². The Morgan fingerprint density at radius 2 is 2.00 bits per heavy atom. The van der Waals surface area contributed by atoms with Crippen molar-refractivity contribution in [2.24, 2.45) is 5.92 Å². The van der Waals surface area contributed by atoms with Gasteiger partial charge in [0.1, 0.15) is 0 Å². The fourth-order valence-corrected chi connectivity index (χ4v) is 2.65. The van der Waals surface area contributed by atoms with E-state index in [-0.39, 0.29) is 0 Å². The smallest absolute Gasteiger partial charge is 0.165 e. The van der Waals surface area contributed by atoms with Gasteiger partial charge in [-0.15, -0.1) is 5.10 Å². The molecule has 17 heavy (non-hydrogen) atoms. The summed E-state index contributed by atoms with van der Waals surface area (Å²) in [5.74, 6) is 1.90. The van der Waals surface area contributed by atoms with Gasteiger partial charge in [-0.05, 0) is 48.6 Å². The van der Waals surface area contributed by atoms with Gasteiger partial charge in [0.15, 0.2) is 5.82 Å². The monoisotopic (exact) mass is 237 g/mol. The summed E-state index contributed by atoms with van der Waals surface area (Å²) in [6.45, 7) is 6.12. The molecule has 0 amide bonds. The van der Waals surface area contributed by atoms with E-state index in [1.165, 1.54) is 32.1 Å². The Hall–Kier alpha value is -0.970. The van der Waals surface area contributed by atoms with Crippen molar-refractivity contribution in [1.82, 2.24) is 25.5 Å². The van der Waals surface area contributed by atoms with Crippen LogP contribution in [0.2, 0.25) is 0 Å². The molecule has 1 fully saturated rings. The predicted octanol–water partition coefficient (Wildman–Crippen LogP) is 1.92. The average Bonchev–Trinajstić information content (AvgIpc) is 2.84. The summed E-state index contributed by atoms with van der Waals surface area (Å²) in [6.07, 6.45) is 6.40. The molecule has 0 spiro atoms. The van der Waals surface area contributed by atoms with Crippen LogP contribution in [0, 0.1) is 5.92 Å². The van der Waals surface area contributed by atoms with Gasteiger partial charge < -0.3 is 5.32 Å². The van der Waals surface area contributed by atoms with Crippen molar-refractivity contribution in [2.45, 2.75) is 58.5 Å². The third kappa shape index (κ3) is 3.03. The second kappa shape index (κ2) is 6.10. The van der Waals surface area contributed by atoms with Crippen LogP contribution in [0.15, 0.2) is 0 Å². The zero-order valence-corrected chi connectivity index (χ0v) is 10.9. The van der Waals surface area contributed by atoms with Gasteiger partial charge in [-0.1, -0.05) is 20.3 Å². The highest BCUT2D eigenvalue weighted by Crippen LogP contribution is 2.33. The number of nitrogens with one attached hydrogen (secondary N) is 1. The van der Waals surface area contributed by atoms with Crippen LogP contribution in [0.3, 0.4) is 0 Å². The fraction of sp³-hybridized carbons (Fsp3) is 0.917. The average molecular weight is 237 g/mol. The first kappa shape index (κ1) is 12.5. The van der Waals surface area contributed by atoms with Crippen LogP contribution in [0.5, 0.6) is 0 Å². The van der Waals surface area contributed by atoms with Gasteiger partial charge in [0, 0.05) is 0 Å². The molecule has 5 nitrogen and oxygen atoms in total. The van der Waals surface area contributed by atoms with Crippen LogP contribution < -0.4 is 5.32 Å². The largest absolute Gasteiger partial charge is 0.310 e. The Bertz CT molecular complexity index is 327.